The van der Waals surface area contributed by atoms with Crippen LogP contribution in [-0.4, -0.2) is 17.1 Å². The lowest BCUT2D eigenvalue weighted by Crippen LogP contribution is -2.39. The van der Waals surface area contributed by atoms with Crippen LogP contribution in [0.5, 0.6) is 0 Å². The number of thiazole rings is 1. The largest absolute Gasteiger partial charge is 0.463 e. The molecule has 1 atom stereocenters. The molecule has 0 amide bonds. The third-order valence-electron chi connectivity index (χ3n) is 4.85. The smallest absolute Gasteiger partial charge is 0.338 e. The molecule has 1 aliphatic rings. The van der Waals surface area contributed by atoms with Crippen LogP contribution in [0.15, 0.2) is 69.6 Å². The molecule has 0 N–H and O–H groups in total. The molecule has 0 bridgehead atoms. The lowest BCUT2D eigenvalue weighted by molar-refractivity contribution is -0.139. The van der Waals surface area contributed by atoms with Crippen LogP contribution in [-0.2, 0) is 9.53 Å². The molecule has 0 saturated carbocycles. The molecule has 158 valence electrons. The molecule has 2 aromatic carbocycles. The molecule has 1 aromatic heterocycles. The highest BCUT2D eigenvalue weighted by atomic mass is 35.5. The molecule has 2 heterocycles. The number of hydrogen-bond donors (Lipinski definition) is 0. The van der Waals surface area contributed by atoms with Gasteiger partial charge in [-0.2, -0.15) is 0 Å². The maximum absolute atomic E-state index is 13.4. The average Bonchev–Trinajstić information content (AvgIpc) is 3.02. The number of nitrogens with zero attached hydrogens (tertiary/aromatic N) is 2. The van der Waals surface area contributed by atoms with Gasteiger partial charge >= 0.3 is 5.97 Å². The molecular weight excluding hydrogens is 455 g/mol. The summed E-state index contributed by atoms with van der Waals surface area (Å²) in [5.74, 6) is -0.493. The lowest BCUT2D eigenvalue weighted by Gasteiger charge is -2.24. The third-order valence-corrected chi connectivity index (χ3v) is 6.32. The summed E-state index contributed by atoms with van der Waals surface area (Å²) in [6, 6.07) is 13.7. The second kappa shape index (κ2) is 8.83. The molecule has 1 aliphatic heterocycles. The van der Waals surface area contributed by atoms with Gasteiger partial charge in [-0.15, -0.1) is 0 Å². The van der Waals surface area contributed by atoms with Crippen molar-refractivity contribution in [2.75, 3.05) is 6.61 Å². The Labute approximate surface area is 192 Å². The number of esters is 1. The van der Waals surface area contributed by atoms with E-state index >= 15 is 0 Å². The SMILES string of the molecule is CCOC(=O)C1=C(C)N=c2s/c(=C\c3cccc(Cl)c3)c(=O)n2[C@H]1c1ccc(Cl)cc1. The minimum Gasteiger partial charge on any atom is -0.463 e. The van der Waals surface area contributed by atoms with Crippen LogP contribution < -0.4 is 14.9 Å². The van der Waals surface area contributed by atoms with Gasteiger partial charge in [-0.05, 0) is 55.3 Å². The zero-order chi connectivity index (χ0) is 22.1. The van der Waals surface area contributed by atoms with Gasteiger partial charge in [0.05, 0.1) is 28.5 Å². The van der Waals surface area contributed by atoms with Crippen molar-refractivity contribution in [1.82, 2.24) is 4.57 Å². The molecule has 0 radical (unpaired) electrons. The predicted octanol–water partition coefficient (Wildman–Crippen LogP) is 4.11. The summed E-state index contributed by atoms with van der Waals surface area (Å²) < 4.78 is 7.32. The second-order valence-electron chi connectivity index (χ2n) is 6.91. The van der Waals surface area contributed by atoms with E-state index < -0.39 is 12.0 Å². The summed E-state index contributed by atoms with van der Waals surface area (Å²) >= 11 is 13.4. The monoisotopic (exact) mass is 472 g/mol. The first-order chi connectivity index (χ1) is 14.9. The van der Waals surface area contributed by atoms with Gasteiger partial charge in [0.2, 0.25) is 0 Å². The van der Waals surface area contributed by atoms with Crippen molar-refractivity contribution in [1.29, 1.82) is 0 Å². The highest BCUT2D eigenvalue weighted by Crippen LogP contribution is 2.31. The molecule has 8 heteroatoms. The Morgan fingerprint density at radius 2 is 1.94 bits per heavy atom. The van der Waals surface area contributed by atoms with Crippen LogP contribution in [0.1, 0.15) is 31.0 Å². The van der Waals surface area contributed by atoms with Crippen molar-refractivity contribution < 1.29 is 9.53 Å². The Balaban J connectivity index is 1.96. The molecule has 3 aromatic rings. The summed E-state index contributed by atoms with van der Waals surface area (Å²) in [7, 11) is 0. The topological polar surface area (TPSA) is 60.7 Å². The van der Waals surface area contributed by atoms with Gasteiger partial charge in [0.1, 0.15) is 0 Å². The molecule has 0 saturated heterocycles. The van der Waals surface area contributed by atoms with E-state index in [9.17, 15) is 9.59 Å². The van der Waals surface area contributed by atoms with E-state index in [1.807, 2.05) is 12.1 Å². The van der Waals surface area contributed by atoms with Crippen LogP contribution in [0.4, 0.5) is 0 Å². The Hall–Kier alpha value is -2.67. The van der Waals surface area contributed by atoms with Crippen molar-refractivity contribution in [3.63, 3.8) is 0 Å². The number of ether oxygens (including phenoxy) is 1. The summed E-state index contributed by atoms with van der Waals surface area (Å²) in [5.41, 5.74) is 2.18. The van der Waals surface area contributed by atoms with E-state index in [1.165, 1.54) is 11.3 Å². The average molecular weight is 473 g/mol. The van der Waals surface area contributed by atoms with Crippen LogP contribution in [0.3, 0.4) is 0 Å². The molecule has 31 heavy (non-hydrogen) atoms. The predicted molar refractivity (Wildman–Crippen MR) is 123 cm³/mol. The van der Waals surface area contributed by atoms with Gasteiger partial charge in [-0.25, -0.2) is 9.79 Å². The molecular formula is C23H18Cl2N2O3S. The van der Waals surface area contributed by atoms with Gasteiger partial charge in [0.25, 0.3) is 5.56 Å². The fourth-order valence-corrected chi connectivity index (χ4v) is 4.87. The number of fused-ring (bicyclic) bond motifs is 1. The van der Waals surface area contributed by atoms with Crippen molar-refractivity contribution >= 4 is 46.6 Å². The van der Waals surface area contributed by atoms with E-state index in [1.54, 1.807) is 60.9 Å². The molecule has 0 aliphatic carbocycles. The molecule has 0 fully saturated rings. The van der Waals surface area contributed by atoms with Gasteiger partial charge in [-0.1, -0.05) is 58.8 Å². The molecule has 4 rings (SSSR count). The highest BCUT2D eigenvalue weighted by Gasteiger charge is 2.33. The molecule has 0 spiro atoms. The summed E-state index contributed by atoms with van der Waals surface area (Å²) in [6.45, 7) is 3.72. The van der Waals surface area contributed by atoms with Crippen molar-refractivity contribution in [2.24, 2.45) is 4.99 Å². The molecule has 5 nitrogen and oxygen atoms in total. The van der Waals surface area contributed by atoms with Gasteiger partial charge < -0.3 is 4.74 Å². The second-order valence-corrected chi connectivity index (χ2v) is 8.79. The quantitative estimate of drug-likeness (QED) is 0.536. The summed E-state index contributed by atoms with van der Waals surface area (Å²) in [6.07, 6.45) is 1.78. The first-order valence-corrected chi connectivity index (χ1v) is 11.2. The van der Waals surface area contributed by atoms with Crippen molar-refractivity contribution in [2.45, 2.75) is 19.9 Å². The van der Waals surface area contributed by atoms with E-state index in [2.05, 4.69) is 4.99 Å². The van der Waals surface area contributed by atoms with Crippen LogP contribution in [0.2, 0.25) is 10.0 Å². The van der Waals surface area contributed by atoms with Crippen molar-refractivity contribution in [3.8, 4) is 0 Å². The zero-order valence-corrected chi connectivity index (χ0v) is 19.1. The minimum atomic E-state index is -0.658. The first kappa shape index (κ1) is 21.6. The standard InChI is InChI=1S/C23H18Cl2N2O3S/c1-3-30-22(29)19-13(2)26-23-27(20(19)15-7-9-16(24)10-8-15)21(28)18(31-23)12-14-5-4-6-17(25)11-14/h4-12,20H,3H2,1-2H3/b18-12-/t20-/m0/s1. The number of allylic oxidation sites excluding steroid dienone is 1. The number of carbonyl (C=O) groups is 1. The minimum absolute atomic E-state index is 0.224. The number of hydrogen-bond acceptors (Lipinski definition) is 5. The Morgan fingerprint density at radius 3 is 2.61 bits per heavy atom. The number of aromatic nitrogens is 1. The van der Waals surface area contributed by atoms with Crippen molar-refractivity contribution in [3.05, 3.63) is 101 Å². The van der Waals surface area contributed by atoms with Gasteiger partial charge in [0.15, 0.2) is 4.80 Å². The van der Waals surface area contributed by atoms with Gasteiger partial charge in [-0.3, -0.25) is 9.36 Å². The maximum atomic E-state index is 13.4. The highest BCUT2D eigenvalue weighted by molar-refractivity contribution is 7.07. The Kier molecular flexibility index (Phi) is 6.14. The fourth-order valence-electron chi connectivity index (χ4n) is 3.50. The van der Waals surface area contributed by atoms with E-state index in [4.69, 9.17) is 27.9 Å². The van der Waals surface area contributed by atoms with Crippen LogP contribution in [0, 0.1) is 0 Å². The number of rotatable bonds is 4. The third kappa shape index (κ3) is 4.24. The van der Waals surface area contributed by atoms with E-state index in [-0.39, 0.29) is 12.2 Å². The number of benzene rings is 2. The normalized spacial score (nSPS) is 16.1. The number of halogens is 2. The first-order valence-electron chi connectivity index (χ1n) is 9.59. The molecule has 0 unspecified atom stereocenters. The van der Waals surface area contributed by atoms with E-state index in [0.717, 1.165) is 11.1 Å². The Morgan fingerprint density at radius 1 is 1.19 bits per heavy atom. The van der Waals surface area contributed by atoms with E-state index in [0.29, 0.717) is 30.6 Å². The number of carbonyl (C=O) groups excluding carboxylic acids is 1. The Bertz CT molecular complexity index is 1370. The lowest BCUT2D eigenvalue weighted by atomic mass is 9.96. The summed E-state index contributed by atoms with van der Waals surface area (Å²) in [5, 5.41) is 1.15. The zero-order valence-electron chi connectivity index (χ0n) is 16.8. The van der Waals surface area contributed by atoms with Crippen LogP contribution >= 0.6 is 34.5 Å². The fraction of sp³-hybridized carbons (Fsp3) is 0.174. The van der Waals surface area contributed by atoms with Crippen LogP contribution in [0.25, 0.3) is 6.08 Å². The summed E-state index contributed by atoms with van der Waals surface area (Å²) in [4.78, 5) is 31.3. The van der Waals surface area contributed by atoms with Gasteiger partial charge in [0, 0.05) is 10.0 Å². The maximum Gasteiger partial charge on any atom is 0.338 e.